The monoisotopic (exact) mass is 323 g/mol. The predicted molar refractivity (Wildman–Crippen MR) is 87.5 cm³/mol. The first-order valence-corrected chi connectivity index (χ1v) is 8.15. The molecule has 0 bridgehead atoms. The fraction of sp³-hybridized carbons (Fsp3) is 0.333. The summed E-state index contributed by atoms with van der Waals surface area (Å²) in [6.07, 6.45) is 10.1. The van der Waals surface area contributed by atoms with Crippen molar-refractivity contribution in [1.82, 2.24) is 10.5 Å². The molecule has 6 nitrogen and oxygen atoms in total. The molecule has 1 aromatic heterocycles. The first-order valence-electron chi connectivity index (χ1n) is 8.15. The predicted octanol–water partition coefficient (Wildman–Crippen LogP) is 2.67. The number of hydrogen-bond acceptors (Lipinski definition) is 4. The van der Waals surface area contributed by atoms with Crippen molar-refractivity contribution in [3.05, 3.63) is 53.1 Å². The lowest BCUT2D eigenvalue weighted by atomic mass is 9.86. The van der Waals surface area contributed by atoms with E-state index in [0.717, 1.165) is 36.3 Å². The molecule has 0 radical (unpaired) electrons. The summed E-state index contributed by atoms with van der Waals surface area (Å²) in [5.74, 6) is 0.638. The van der Waals surface area contributed by atoms with Gasteiger partial charge in [0, 0.05) is 29.7 Å². The molecular formula is C18H17N3O3. The number of aliphatic imine (C=N–C) groups is 1. The van der Waals surface area contributed by atoms with Gasteiger partial charge in [0.05, 0.1) is 5.71 Å². The van der Waals surface area contributed by atoms with E-state index in [1.165, 1.54) is 0 Å². The normalized spacial score (nSPS) is 24.3. The molecule has 24 heavy (non-hydrogen) atoms. The second-order valence-corrected chi connectivity index (χ2v) is 6.23. The Morgan fingerprint density at radius 3 is 3.00 bits per heavy atom. The van der Waals surface area contributed by atoms with Gasteiger partial charge in [-0.25, -0.2) is 4.99 Å². The summed E-state index contributed by atoms with van der Waals surface area (Å²) in [6, 6.07) is 1.67. The number of carbonyl (C=O) groups excluding carboxylic acids is 2. The Balaban J connectivity index is 1.56. The number of fused-ring (bicyclic) bond motifs is 1. The minimum absolute atomic E-state index is 0.0512. The summed E-state index contributed by atoms with van der Waals surface area (Å²) < 4.78 is 5.19. The quantitative estimate of drug-likeness (QED) is 0.927. The topological polar surface area (TPSA) is 84.6 Å². The molecule has 1 aromatic rings. The van der Waals surface area contributed by atoms with E-state index >= 15 is 0 Å². The molecule has 0 saturated heterocycles. The highest BCUT2D eigenvalue weighted by Crippen LogP contribution is 2.40. The van der Waals surface area contributed by atoms with Crippen LogP contribution in [0, 0.1) is 5.92 Å². The Morgan fingerprint density at radius 1 is 1.42 bits per heavy atom. The molecule has 1 fully saturated rings. The molecule has 1 unspecified atom stereocenters. The van der Waals surface area contributed by atoms with E-state index < -0.39 is 5.91 Å². The van der Waals surface area contributed by atoms with Crippen LogP contribution in [0.1, 0.15) is 48.4 Å². The number of nitrogens with zero attached hydrogens (tertiary/aromatic N) is 2. The van der Waals surface area contributed by atoms with Gasteiger partial charge < -0.3 is 9.84 Å². The lowest BCUT2D eigenvalue weighted by molar-refractivity contribution is -0.116. The van der Waals surface area contributed by atoms with E-state index in [1.807, 2.05) is 13.0 Å². The number of rotatable bonds is 3. The lowest BCUT2D eigenvalue weighted by Crippen LogP contribution is -2.33. The largest absolute Gasteiger partial charge is 0.360 e. The fourth-order valence-electron chi connectivity index (χ4n) is 2.99. The second-order valence-electron chi connectivity index (χ2n) is 6.23. The van der Waals surface area contributed by atoms with Gasteiger partial charge in [-0.05, 0) is 31.4 Å². The minimum atomic E-state index is -0.436. The van der Waals surface area contributed by atoms with Gasteiger partial charge in [0.1, 0.15) is 5.76 Å². The molecule has 3 aliphatic rings. The van der Waals surface area contributed by atoms with Crippen molar-refractivity contribution >= 4 is 17.5 Å². The third-order valence-corrected chi connectivity index (χ3v) is 4.45. The Morgan fingerprint density at radius 2 is 2.25 bits per heavy atom. The van der Waals surface area contributed by atoms with E-state index in [0.29, 0.717) is 11.6 Å². The van der Waals surface area contributed by atoms with Gasteiger partial charge in [-0.15, -0.1) is 0 Å². The van der Waals surface area contributed by atoms with Crippen molar-refractivity contribution in [2.75, 3.05) is 0 Å². The molecule has 2 amide bonds. The summed E-state index contributed by atoms with van der Waals surface area (Å²) in [6.45, 7) is 2.02. The average Bonchev–Trinajstić information content (AvgIpc) is 3.30. The molecule has 6 heteroatoms. The van der Waals surface area contributed by atoms with Crippen molar-refractivity contribution in [3.63, 3.8) is 0 Å². The maximum atomic E-state index is 12.2. The number of hydrogen-bond donors (Lipinski definition) is 1. The molecule has 0 aromatic carbocycles. The van der Waals surface area contributed by atoms with Crippen LogP contribution in [-0.2, 0) is 4.79 Å². The average molecular weight is 323 g/mol. The zero-order valence-corrected chi connectivity index (χ0v) is 13.3. The van der Waals surface area contributed by atoms with Crippen LogP contribution in [0.4, 0.5) is 0 Å². The molecule has 1 aliphatic heterocycles. The first kappa shape index (κ1) is 14.8. The van der Waals surface area contributed by atoms with E-state index in [1.54, 1.807) is 24.3 Å². The second kappa shape index (κ2) is 5.70. The summed E-state index contributed by atoms with van der Waals surface area (Å²) >= 11 is 0. The van der Waals surface area contributed by atoms with Crippen LogP contribution in [0.3, 0.4) is 0 Å². The number of allylic oxidation sites excluding steroid dienone is 3. The van der Waals surface area contributed by atoms with Gasteiger partial charge >= 0.3 is 0 Å². The Labute approximate surface area is 139 Å². The van der Waals surface area contributed by atoms with Crippen molar-refractivity contribution < 1.29 is 14.1 Å². The van der Waals surface area contributed by atoms with Crippen molar-refractivity contribution in [3.8, 4) is 0 Å². The maximum absolute atomic E-state index is 12.2. The van der Waals surface area contributed by atoms with Crippen LogP contribution in [0.25, 0.3) is 0 Å². The van der Waals surface area contributed by atoms with Gasteiger partial charge in [-0.3, -0.25) is 9.59 Å². The van der Waals surface area contributed by atoms with E-state index in [4.69, 9.17) is 4.52 Å². The van der Waals surface area contributed by atoms with Crippen molar-refractivity contribution in [1.29, 1.82) is 0 Å². The number of carbonyl (C=O) groups is 2. The van der Waals surface area contributed by atoms with Crippen LogP contribution in [0.15, 0.2) is 51.2 Å². The van der Waals surface area contributed by atoms with Crippen LogP contribution in [-0.4, -0.2) is 22.7 Å². The van der Waals surface area contributed by atoms with E-state index in [2.05, 4.69) is 15.5 Å². The zero-order chi connectivity index (χ0) is 16.7. The van der Waals surface area contributed by atoms with Gasteiger partial charge in [0.2, 0.25) is 5.91 Å². The SMILES string of the molecule is CCC1=CC(=O)NC2=CC(=NC(=O)c3cc(C4CC4)on3)C=CC12. The zero-order valence-electron chi connectivity index (χ0n) is 13.3. The fourth-order valence-corrected chi connectivity index (χ4v) is 2.99. The molecule has 1 atom stereocenters. The number of amides is 2. The highest BCUT2D eigenvalue weighted by atomic mass is 16.5. The number of nitrogens with one attached hydrogen (secondary N) is 1. The van der Waals surface area contributed by atoms with Crippen LogP contribution < -0.4 is 5.32 Å². The summed E-state index contributed by atoms with van der Waals surface area (Å²) in [4.78, 5) is 28.1. The molecule has 2 heterocycles. The molecule has 4 rings (SSSR count). The van der Waals surface area contributed by atoms with Gasteiger partial charge in [0.15, 0.2) is 5.69 Å². The molecule has 0 spiro atoms. The molecule has 2 aliphatic carbocycles. The third kappa shape index (κ3) is 2.75. The highest BCUT2D eigenvalue weighted by Gasteiger charge is 2.29. The first-order chi connectivity index (χ1) is 11.6. The van der Waals surface area contributed by atoms with Crippen LogP contribution >= 0.6 is 0 Å². The minimum Gasteiger partial charge on any atom is -0.360 e. The molecule has 1 saturated carbocycles. The third-order valence-electron chi connectivity index (χ3n) is 4.45. The summed E-state index contributed by atoms with van der Waals surface area (Å²) in [7, 11) is 0. The van der Waals surface area contributed by atoms with Crippen LogP contribution in [0.5, 0.6) is 0 Å². The van der Waals surface area contributed by atoms with Crippen molar-refractivity contribution in [2.45, 2.75) is 32.1 Å². The maximum Gasteiger partial charge on any atom is 0.299 e. The Hall–Kier alpha value is -2.76. The highest BCUT2D eigenvalue weighted by molar-refractivity contribution is 6.13. The van der Waals surface area contributed by atoms with Crippen LogP contribution in [0.2, 0.25) is 0 Å². The summed E-state index contributed by atoms with van der Waals surface area (Å²) in [5, 5.41) is 6.63. The van der Waals surface area contributed by atoms with E-state index in [-0.39, 0.29) is 17.5 Å². The standard InChI is InChI=1S/C18H17N3O3/c1-2-10-7-17(22)20-14-8-12(5-6-13(10)14)19-18(23)15-9-16(24-21-15)11-3-4-11/h5-9,11,13H,2-4H2,1H3,(H,20,22). The van der Waals surface area contributed by atoms with Gasteiger partial charge in [-0.2, -0.15) is 0 Å². The van der Waals surface area contributed by atoms with Gasteiger partial charge in [-0.1, -0.05) is 23.7 Å². The smallest absolute Gasteiger partial charge is 0.299 e. The molecule has 122 valence electrons. The Bertz CT molecular complexity index is 837. The Kier molecular flexibility index (Phi) is 3.52. The number of aromatic nitrogens is 1. The molecular weight excluding hydrogens is 306 g/mol. The van der Waals surface area contributed by atoms with Crippen molar-refractivity contribution in [2.24, 2.45) is 10.9 Å². The van der Waals surface area contributed by atoms with Gasteiger partial charge in [0.25, 0.3) is 5.91 Å². The lowest BCUT2D eigenvalue weighted by Gasteiger charge is -2.26. The molecule has 1 N–H and O–H groups in total. The summed E-state index contributed by atoms with van der Waals surface area (Å²) in [5.41, 5.74) is 2.53. The van der Waals surface area contributed by atoms with E-state index in [9.17, 15) is 9.59 Å².